The topological polar surface area (TPSA) is 28.4 Å². The van der Waals surface area contributed by atoms with Crippen LogP contribution in [0.5, 0.6) is 0 Å². The minimum absolute atomic E-state index is 0.659. The Bertz CT molecular complexity index is 438. The maximum atomic E-state index is 6.08. The lowest BCUT2D eigenvalue weighted by atomic mass is 9.92. The summed E-state index contributed by atoms with van der Waals surface area (Å²) in [7, 11) is 0. The summed E-state index contributed by atoms with van der Waals surface area (Å²) in [5.74, 6) is 3.69. The van der Waals surface area contributed by atoms with E-state index >= 15 is 0 Å². The number of nitrogens with zero attached hydrogens (tertiary/aromatic N) is 1. The molecule has 1 saturated heterocycles. The molecule has 2 unspecified atom stereocenters. The minimum atomic E-state index is 0.659. The van der Waals surface area contributed by atoms with Crippen LogP contribution < -0.4 is 5.32 Å². The van der Waals surface area contributed by atoms with Crippen molar-refractivity contribution in [2.75, 3.05) is 13.1 Å². The number of piperidine rings is 1. The van der Waals surface area contributed by atoms with Gasteiger partial charge in [-0.05, 0) is 63.2 Å². The Morgan fingerprint density at radius 2 is 2.14 bits per heavy atom. The smallest absolute Gasteiger partial charge is 0.120 e. The lowest BCUT2D eigenvalue weighted by Gasteiger charge is -2.37. The predicted octanol–water partition coefficient (Wildman–Crippen LogP) is 3.95. The molecule has 1 N–H and O–H groups in total. The van der Waals surface area contributed by atoms with Crippen molar-refractivity contribution in [1.82, 2.24) is 10.2 Å². The van der Waals surface area contributed by atoms with Crippen LogP contribution >= 0.6 is 0 Å². The summed E-state index contributed by atoms with van der Waals surface area (Å²) < 4.78 is 6.08. The molecular weight excluding hydrogens is 260 g/mol. The maximum Gasteiger partial charge on any atom is 0.120 e. The molecule has 2 heterocycles. The summed E-state index contributed by atoms with van der Waals surface area (Å²) in [4.78, 5) is 2.57. The van der Waals surface area contributed by atoms with E-state index in [0.29, 0.717) is 12.0 Å². The zero-order chi connectivity index (χ0) is 15.4. The number of likely N-dealkylation sites (tertiary alicyclic amines) is 1. The predicted molar refractivity (Wildman–Crippen MR) is 88.3 cm³/mol. The van der Waals surface area contributed by atoms with Crippen molar-refractivity contribution < 1.29 is 4.42 Å². The van der Waals surface area contributed by atoms with Gasteiger partial charge in [-0.2, -0.15) is 0 Å². The number of hydrogen-bond donors (Lipinski definition) is 1. The van der Waals surface area contributed by atoms with Gasteiger partial charge in [-0.1, -0.05) is 20.8 Å². The monoisotopic (exact) mass is 292 g/mol. The lowest BCUT2D eigenvalue weighted by molar-refractivity contribution is 0.0981. The van der Waals surface area contributed by atoms with Gasteiger partial charge in [0.15, 0.2) is 0 Å². The first-order chi connectivity index (χ1) is 9.97. The first kappa shape index (κ1) is 16.6. The van der Waals surface area contributed by atoms with Crippen LogP contribution in [0.4, 0.5) is 0 Å². The van der Waals surface area contributed by atoms with Gasteiger partial charge < -0.3 is 9.73 Å². The second kappa shape index (κ2) is 7.46. The Morgan fingerprint density at radius 3 is 2.86 bits per heavy atom. The summed E-state index contributed by atoms with van der Waals surface area (Å²) in [6.45, 7) is 15.4. The number of furan rings is 1. The summed E-state index contributed by atoms with van der Waals surface area (Å²) in [6.07, 6.45) is 2.67. The van der Waals surface area contributed by atoms with Crippen molar-refractivity contribution in [1.29, 1.82) is 0 Å². The fraction of sp³-hybridized carbons (Fsp3) is 0.778. The standard InChI is InChI=1S/C18H32N2O/c1-13(2)10-19-11-18-15(4)9-17(21-18)12-20-8-6-7-14(3)16(20)5/h9,13-14,16,19H,6-8,10-12H2,1-5H3. The van der Waals surface area contributed by atoms with E-state index in [4.69, 9.17) is 4.42 Å². The molecule has 0 aromatic carbocycles. The van der Waals surface area contributed by atoms with Crippen LogP contribution in [0, 0.1) is 18.8 Å². The average Bonchev–Trinajstić information content (AvgIpc) is 2.75. The highest BCUT2D eigenvalue weighted by Crippen LogP contribution is 2.25. The van der Waals surface area contributed by atoms with Crippen LogP contribution in [0.1, 0.15) is 57.6 Å². The van der Waals surface area contributed by atoms with E-state index in [9.17, 15) is 0 Å². The van der Waals surface area contributed by atoms with Gasteiger partial charge in [-0.3, -0.25) is 4.90 Å². The Labute approximate surface area is 130 Å². The zero-order valence-corrected chi connectivity index (χ0v) is 14.4. The van der Waals surface area contributed by atoms with Crippen LogP contribution in [0.2, 0.25) is 0 Å². The van der Waals surface area contributed by atoms with Crippen LogP contribution in [0.15, 0.2) is 10.5 Å². The molecule has 0 bridgehead atoms. The van der Waals surface area contributed by atoms with Gasteiger partial charge in [0.25, 0.3) is 0 Å². The first-order valence-corrected chi connectivity index (χ1v) is 8.50. The van der Waals surface area contributed by atoms with Crippen molar-refractivity contribution in [2.45, 2.75) is 66.6 Å². The van der Waals surface area contributed by atoms with Crippen LogP contribution in [-0.4, -0.2) is 24.0 Å². The van der Waals surface area contributed by atoms with Gasteiger partial charge in [-0.25, -0.2) is 0 Å². The van der Waals surface area contributed by atoms with Crippen molar-refractivity contribution in [2.24, 2.45) is 11.8 Å². The maximum absolute atomic E-state index is 6.08. The highest BCUT2D eigenvalue weighted by atomic mass is 16.3. The van der Waals surface area contributed by atoms with Gasteiger partial charge in [-0.15, -0.1) is 0 Å². The third kappa shape index (κ3) is 4.58. The second-order valence-electron chi connectivity index (χ2n) is 7.17. The third-order valence-corrected chi connectivity index (χ3v) is 4.77. The summed E-state index contributed by atoms with van der Waals surface area (Å²) in [6, 6.07) is 2.88. The molecule has 1 aromatic rings. The van der Waals surface area contributed by atoms with E-state index in [1.54, 1.807) is 0 Å². The second-order valence-corrected chi connectivity index (χ2v) is 7.17. The molecule has 0 spiro atoms. The van der Waals surface area contributed by atoms with Crippen LogP contribution in [-0.2, 0) is 13.1 Å². The van der Waals surface area contributed by atoms with Crippen molar-refractivity contribution in [3.8, 4) is 0 Å². The Balaban J connectivity index is 1.92. The van der Waals surface area contributed by atoms with E-state index in [1.807, 2.05) is 0 Å². The quantitative estimate of drug-likeness (QED) is 0.860. The molecule has 3 nitrogen and oxygen atoms in total. The van der Waals surface area contributed by atoms with E-state index in [1.165, 1.54) is 24.9 Å². The van der Waals surface area contributed by atoms with Gasteiger partial charge in [0, 0.05) is 6.04 Å². The van der Waals surface area contributed by atoms with Crippen molar-refractivity contribution in [3.63, 3.8) is 0 Å². The number of aryl methyl sites for hydroxylation is 1. The first-order valence-electron chi connectivity index (χ1n) is 8.50. The summed E-state index contributed by atoms with van der Waals surface area (Å²) >= 11 is 0. The molecule has 2 rings (SSSR count). The molecule has 0 amide bonds. The lowest BCUT2D eigenvalue weighted by Crippen LogP contribution is -2.41. The minimum Gasteiger partial charge on any atom is -0.463 e. The molecule has 120 valence electrons. The molecule has 1 fully saturated rings. The Morgan fingerprint density at radius 1 is 1.38 bits per heavy atom. The summed E-state index contributed by atoms with van der Waals surface area (Å²) in [5, 5.41) is 3.47. The van der Waals surface area contributed by atoms with Gasteiger partial charge >= 0.3 is 0 Å². The molecule has 3 heteroatoms. The largest absolute Gasteiger partial charge is 0.463 e. The van der Waals surface area contributed by atoms with Crippen LogP contribution in [0.25, 0.3) is 0 Å². The molecule has 1 aliphatic rings. The molecular formula is C18H32N2O. The molecule has 1 aliphatic heterocycles. The third-order valence-electron chi connectivity index (χ3n) is 4.77. The van der Waals surface area contributed by atoms with E-state index < -0.39 is 0 Å². The fourth-order valence-electron chi connectivity index (χ4n) is 3.16. The summed E-state index contributed by atoms with van der Waals surface area (Å²) in [5.41, 5.74) is 1.28. The van der Waals surface area contributed by atoms with E-state index in [0.717, 1.165) is 37.1 Å². The number of hydrogen-bond acceptors (Lipinski definition) is 3. The SMILES string of the molecule is Cc1cc(CN2CCCC(C)C2C)oc1CNCC(C)C. The van der Waals surface area contributed by atoms with Crippen LogP contribution in [0.3, 0.4) is 0 Å². The molecule has 0 aliphatic carbocycles. The average molecular weight is 292 g/mol. The number of rotatable bonds is 6. The Hall–Kier alpha value is -0.800. The highest BCUT2D eigenvalue weighted by Gasteiger charge is 2.25. The van der Waals surface area contributed by atoms with Crippen molar-refractivity contribution in [3.05, 3.63) is 23.2 Å². The van der Waals surface area contributed by atoms with Crippen molar-refractivity contribution >= 4 is 0 Å². The zero-order valence-electron chi connectivity index (χ0n) is 14.4. The van der Waals surface area contributed by atoms with Gasteiger partial charge in [0.05, 0.1) is 13.1 Å². The molecule has 0 radical (unpaired) electrons. The van der Waals surface area contributed by atoms with Gasteiger partial charge in [0.2, 0.25) is 0 Å². The highest BCUT2D eigenvalue weighted by molar-refractivity contribution is 5.20. The molecule has 1 aromatic heterocycles. The fourth-order valence-corrected chi connectivity index (χ4v) is 3.16. The molecule has 21 heavy (non-hydrogen) atoms. The molecule has 0 saturated carbocycles. The Kier molecular flexibility index (Phi) is 5.88. The van der Waals surface area contributed by atoms with E-state index in [-0.39, 0.29) is 0 Å². The number of nitrogens with one attached hydrogen (secondary N) is 1. The molecule has 2 atom stereocenters. The normalized spacial score (nSPS) is 23.9. The van der Waals surface area contributed by atoms with Gasteiger partial charge in [0.1, 0.15) is 11.5 Å². The van der Waals surface area contributed by atoms with E-state index in [2.05, 4.69) is 50.9 Å².